The number of carboxylic acid groups (broad SMARTS) is 2. The van der Waals surface area contributed by atoms with Gasteiger partial charge in [-0.15, -0.1) is 0 Å². The van der Waals surface area contributed by atoms with Crippen molar-refractivity contribution in [1.82, 2.24) is 0 Å². The fourth-order valence-corrected chi connectivity index (χ4v) is 1.91. The van der Waals surface area contributed by atoms with Crippen LogP contribution in [0.3, 0.4) is 0 Å². The van der Waals surface area contributed by atoms with Crippen LogP contribution in [0.25, 0.3) is 0 Å². The van der Waals surface area contributed by atoms with E-state index in [1.165, 1.54) is 0 Å². The van der Waals surface area contributed by atoms with Gasteiger partial charge in [0.15, 0.2) is 0 Å². The summed E-state index contributed by atoms with van der Waals surface area (Å²) < 4.78 is 0. The topological polar surface area (TPSA) is 74.6 Å². The number of aliphatic carboxylic acids is 2. The van der Waals surface area contributed by atoms with Crippen molar-refractivity contribution in [2.75, 3.05) is 0 Å². The van der Waals surface area contributed by atoms with Gasteiger partial charge >= 0.3 is 11.9 Å². The predicted molar refractivity (Wildman–Crippen MR) is 65.9 cm³/mol. The van der Waals surface area contributed by atoms with Crippen LogP contribution in [0.15, 0.2) is 0 Å². The Morgan fingerprint density at radius 1 is 0.941 bits per heavy atom. The molecule has 0 aliphatic carbocycles. The van der Waals surface area contributed by atoms with E-state index in [0.717, 1.165) is 38.5 Å². The molecule has 0 fully saturated rings. The molecule has 0 aliphatic heterocycles. The molecular formula is C13H24O4. The zero-order valence-corrected chi connectivity index (χ0v) is 10.8. The van der Waals surface area contributed by atoms with E-state index in [4.69, 9.17) is 10.2 Å². The first kappa shape index (κ1) is 15.9. The highest BCUT2D eigenvalue weighted by Crippen LogP contribution is 2.19. The van der Waals surface area contributed by atoms with Crippen molar-refractivity contribution in [3.05, 3.63) is 0 Å². The maximum absolute atomic E-state index is 10.9. The minimum Gasteiger partial charge on any atom is -0.481 e. The van der Waals surface area contributed by atoms with Crippen molar-refractivity contribution in [1.29, 1.82) is 0 Å². The summed E-state index contributed by atoms with van der Waals surface area (Å²) in [4.78, 5) is 21.2. The molecule has 0 heterocycles. The molecule has 17 heavy (non-hydrogen) atoms. The van der Waals surface area contributed by atoms with Crippen molar-refractivity contribution < 1.29 is 19.8 Å². The summed E-state index contributed by atoms with van der Waals surface area (Å²) in [7, 11) is 0. The Balaban J connectivity index is 3.49. The van der Waals surface area contributed by atoms with Gasteiger partial charge in [0, 0.05) is 6.42 Å². The van der Waals surface area contributed by atoms with Crippen molar-refractivity contribution in [3.8, 4) is 0 Å². The van der Waals surface area contributed by atoms with E-state index in [9.17, 15) is 9.59 Å². The van der Waals surface area contributed by atoms with Gasteiger partial charge in [0.2, 0.25) is 0 Å². The summed E-state index contributed by atoms with van der Waals surface area (Å²) in [6, 6.07) is 0. The molecule has 0 aromatic rings. The minimum absolute atomic E-state index is 0.180. The molecule has 0 aromatic heterocycles. The quantitative estimate of drug-likeness (QED) is 0.579. The maximum atomic E-state index is 10.9. The first-order chi connectivity index (χ1) is 7.95. The summed E-state index contributed by atoms with van der Waals surface area (Å²) in [6.45, 7) is 3.87. The normalized spacial score (nSPS) is 12.6. The highest BCUT2D eigenvalue weighted by atomic mass is 16.4. The van der Waals surface area contributed by atoms with E-state index in [2.05, 4.69) is 0 Å². The third kappa shape index (κ3) is 8.72. The van der Waals surface area contributed by atoms with Gasteiger partial charge in [-0.2, -0.15) is 0 Å². The van der Waals surface area contributed by atoms with Crippen LogP contribution < -0.4 is 0 Å². The molecule has 4 heteroatoms. The Labute approximate surface area is 103 Å². The lowest BCUT2D eigenvalue weighted by molar-refractivity contribution is -0.143. The van der Waals surface area contributed by atoms with Gasteiger partial charge in [0.05, 0.1) is 5.92 Å². The van der Waals surface area contributed by atoms with Crippen LogP contribution in [-0.4, -0.2) is 22.2 Å². The van der Waals surface area contributed by atoms with Crippen LogP contribution in [0, 0.1) is 11.8 Å². The third-order valence-corrected chi connectivity index (χ3v) is 3.03. The van der Waals surface area contributed by atoms with Crippen molar-refractivity contribution in [2.24, 2.45) is 11.8 Å². The number of unbranched alkanes of at least 4 members (excludes halogenated alkanes) is 4. The van der Waals surface area contributed by atoms with Gasteiger partial charge < -0.3 is 10.2 Å². The van der Waals surface area contributed by atoms with Crippen LogP contribution in [0.2, 0.25) is 0 Å². The first-order valence-corrected chi connectivity index (χ1v) is 6.39. The molecule has 2 N–H and O–H groups in total. The maximum Gasteiger partial charge on any atom is 0.306 e. The zero-order chi connectivity index (χ0) is 13.3. The Morgan fingerprint density at radius 2 is 1.47 bits per heavy atom. The van der Waals surface area contributed by atoms with Crippen LogP contribution >= 0.6 is 0 Å². The third-order valence-electron chi connectivity index (χ3n) is 3.03. The molecular weight excluding hydrogens is 220 g/mol. The van der Waals surface area contributed by atoms with E-state index >= 15 is 0 Å². The number of carbonyl (C=O) groups is 2. The Bertz CT molecular complexity index is 236. The molecule has 0 saturated carbocycles. The number of carboxylic acids is 2. The average molecular weight is 244 g/mol. The second-order valence-corrected chi connectivity index (χ2v) is 4.89. The van der Waals surface area contributed by atoms with E-state index in [-0.39, 0.29) is 18.3 Å². The molecule has 0 radical (unpaired) electrons. The molecule has 0 spiro atoms. The largest absolute Gasteiger partial charge is 0.481 e. The average Bonchev–Trinajstić information content (AvgIpc) is 2.20. The lowest BCUT2D eigenvalue weighted by Crippen LogP contribution is -2.19. The van der Waals surface area contributed by atoms with Gasteiger partial charge in [-0.05, 0) is 18.8 Å². The van der Waals surface area contributed by atoms with E-state index in [1.54, 1.807) is 0 Å². The summed E-state index contributed by atoms with van der Waals surface area (Å²) in [5.74, 6) is -1.50. The zero-order valence-electron chi connectivity index (χ0n) is 10.8. The van der Waals surface area contributed by atoms with Crippen LogP contribution in [0.4, 0.5) is 0 Å². The van der Waals surface area contributed by atoms with Crippen LogP contribution in [0.5, 0.6) is 0 Å². The standard InChI is InChI=1S/C13H24O4/c1-10(2)11(13(16)17)8-6-4-3-5-7-9-12(14)15/h10-11H,3-9H2,1-2H3,(H,14,15)(H,16,17). The molecule has 0 bridgehead atoms. The number of hydrogen-bond acceptors (Lipinski definition) is 2. The van der Waals surface area contributed by atoms with Crippen LogP contribution in [-0.2, 0) is 9.59 Å². The highest BCUT2D eigenvalue weighted by molar-refractivity contribution is 5.70. The van der Waals surface area contributed by atoms with E-state index < -0.39 is 11.9 Å². The molecule has 100 valence electrons. The molecule has 0 aromatic carbocycles. The SMILES string of the molecule is CC(C)C(CCCCCCCC(=O)O)C(=O)O. The van der Waals surface area contributed by atoms with E-state index in [1.807, 2.05) is 13.8 Å². The molecule has 4 nitrogen and oxygen atoms in total. The fourth-order valence-electron chi connectivity index (χ4n) is 1.91. The Morgan fingerprint density at radius 3 is 1.94 bits per heavy atom. The summed E-state index contributed by atoms with van der Waals surface area (Å²) >= 11 is 0. The first-order valence-electron chi connectivity index (χ1n) is 6.39. The number of hydrogen-bond donors (Lipinski definition) is 2. The predicted octanol–water partition coefficient (Wildman–Crippen LogP) is 3.16. The monoisotopic (exact) mass is 244 g/mol. The summed E-state index contributed by atoms with van der Waals surface area (Å²) in [6.07, 6.45) is 5.53. The Kier molecular flexibility index (Phi) is 8.46. The molecule has 1 atom stereocenters. The Hall–Kier alpha value is -1.06. The fraction of sp³-hybridized carbons (Fsp3) is 0.846. The molecule has 0 amide bonds. The van der Waals surface area contributed by atoms with Crippen molar-refractivity contribution in [2.45, 2.75) is 58.8 Å². The van der Waals surface area contributed by atoms with Gasteiger partial charge in [0.1, 0.15) is 0 Å². The van der Waals surface area contributed by atoms with Crippen molar-refractivity contribution in [3.63, 3.8) is 0 Å². The summed E-state index contributed by atoms with van der Waals surface area (Å²) in [5.41, 5.74) is 0. The highest BCUT2D eigenvalue weighted by Gasteiger charge is 2.20. The molecule has 0 rings (SSSR count). The molecule has 0 saturated heterocycles. The second kappa shape index (κ2) is 9.02. The lowest BCUT2D eigenvalue weighted by atomic mass is 9.90. The van der Waals surface area contributed by atoms with Crippen molar-refractivity contribution >= 4 is 11.9 Å². The molecule has 0 aliphatic rings. The van der Waals surface area contributed by atoms with Gasteiger partial charge in [0.25, 0.3) is 0 Å². The van der Waals surface area contributed by atoms with Gasteiger partial charge in [-0.3, -0.25) is 9.59 Å². The lowest BCUT2D eigenvalue weighted by Gasteiger charge is -2.15. The van der Waals surface area contributed by atoms with Crippen LogP contribution in [0.1, 0.15) is 58.8 Å². The van der Waals surface area contributed by atoms with Gasteiger partial charge in [-0.1, -0.05) is 39.5 Å². The summed E-state index contributed by atoms with van der Waals surface area (Å²) in [5, 5.41) is 17.4. The molecule has 1 unspecified atom stereocenters. The van der Waals surface area contributed by atoms with E-state index in [0.29, 0.717) is 0 Å². The number of rotatable bonds is 10. The second-order valence-electron chi connectivity index (χ2n) is 4.89. The minimum atomic E-state index is -0.740. The smallest absolute Gasteiger partial charge is 0.306 e. The van der Waals surface area contributed by atoms with Gasteiger partial charge in [-0.25, -0.2) is 0 Å².